The van der Waals surface area contributed by atoms with Crippen LogP contribution >= 0.6 is 11.8 Å². The van der Waals surface area contributed by atoms with Crippen molar-refractivity contribution in [1.82, 2.24) is 4.98 Å². The van der Waals surface area contributed by atoms with Crippen LogP contribution < -0.4 is 10.2 Å². The minimum absolute atomic E-state index is 0.200. The fourth-order valence-corrected chi connectivity index (χ4v) is 3.54. The molecule has 0 saturated carbocycles. The predicted molar refractivity (Wildman–Crippen MR) is 103 cm³/mol. The number of fused-ring (bicyclic) bond motifs is 2. The van der Waals surface area contributed by atoms with E-state index in [9.17, 15) is 4.79 Å². The van der Waals surface area contributed by atoms with E-state index in [-0.39, 0.29) is 5.43 Å². The lowest BCUT2D eigenvalue weighted by molar-refractivity contribution is 0.337. The van der Waals surface area contributed by atoms with Crippen molar-refractivity contribution in [2.24, 2.45) is 0 Å². The Labute approximate surface area is 155 Å². The summed E-state index contributed by atoms with van der Waals surface area (Å²) < 4.78 is 11.3. The van der Waals surface area contributed by atoms with Gasteiger partial charge in [-0.1, -0.05) is 29.5 Å². The summed E-state index contributed by atoms with van der Waals surface area (Å²) >= 11 is 1.66. The summed E-state index contributed by atoms with van der Waals surface area (Å²) in [6.45, 7) is 4.35. The van der Waals surface area contributed by atoms with Crippen molar-refractivity contribution < 1.29 is 9.15 Å². The molecule has 1 heterocycles. The highest BCUT2D eigenvalue weighted by Gasteiger charge is 2.14. The normalized spacial score (nSPS) is 11.2. The Morgan fingerprint density at radius 2 is 1.81 bits per heavy atom. The van der Waals surface area contributed by atoms with E-state index < -0.39 is 0 Å². The summed E-state index contributed by atoms with van der Waals surface area (Å²) in [4.78, 5) is 18.9. The first kappa shape index (κ1) is 16.7. The van der Waals surface area contributed by atoms with Crippen LogP contribution in [0.3, 0.4) is 0 Å². The molecule has 4 rings (SSSR count). The van der Waals surface area contributed by atoms with Gasteiger partial charge in [0.25, 0.3) is 0 Å². The SMILES string of the molecule is CCOc1cc2nc3ccc(Sc4ccc(C)cc4)cc3oc-2cc1=O. The first-order valence-corrected chi connectivity index (χ1v) is 9.20. The summed E-state index contributed by atoms with van der Waals surface area (Å²) in [5, 5.41) is 0. The average Bonchev–Trinajstić information content (AvgIpc) is 2.63. The van der Waals surface area contributed by atoms with Gasteiger partial charge in [0.2, 0.25) is 5.43 Å². The minimum Gasteiger partial charge on any atom is -0.490 e. The van der Waals surface area contributed by atoms with Crippen LogP contribution in [-0.2, 0) is 0 Å². The molecule has 1 aliphatic carbocycles. The van der Waals surface area contributed by atoms with Crippen molar-refractivity contribution in [3.63, 3.8) is 0 Å². The number of aryl methyl sites for hydroxylation is 1. The molecular weight excluding hydrogens is 346 g/mol. The summed E-state index contributed by atoms with van der Waals surface area (Å²) in [6.07, 6.45) is 0. The van der Waals surface area contributed by atoms with Gasteiger partial charge in [0.05, 0.1) is 6.61 Å². The van der Waals surface area contributed by atoms with Crippen LogP contribution in [0.5, 0.6) is 5.75 Å². The Morgan fingerprint density at radius 3 is 2.58 bits per heavy atom. The largest absolute Gasteiger partial charge is 0.490 e. The van der Waals surface area contributed by atoms with Crippen molar-refractivity contribution in [2.75, 3.05) is 6.61 Å². The number of aromatic nitrogens is 1. The maximum absolute atomic E-state index is 12.1. The molecule has 5 heteroatoms. The average molecular weight is 363 g/mol. The van der Waals surface area contributed by atoms with E-state index in [4.69, 9.17) is 9.15 Å². The molecule has 0 atom stereocenters. The zero-order valence-corrected chi connectivity index (χ0v) is 15.3. The van der Waals surface area contributed by atoms with Gasteiger partial charge in [-0.3, -0.25) is 4.79 Å². The third kappa shape index (κ3) is 3.30. The Bertz CT molecular complexity index is 1100. The van der Waals surface area contributed by atoms with E-state index in [0.29, 0.717) is 29.4 Å². The molecule has 2 aromatic rings. The predicted octanol–water partition coefficient (Wildman–Crippen LogP) is 5.15. The van der Waals surface area contributed by atoms with Crippen molar-refractivity contribution in [3.05, 3.63) is 70.4 Å². The Kier molecular flexibility index (Phi) is 4.39. The topological polar surface area (TPSA) is 52.3 Å². The van der Waals surface area contributed by atoms with Gasteiger partial charge in [-0.2, -0.15) is 0 Å². The van der Waals surface area contributed by atoms with Gasteiger partial charge >= 0.3 is 0 Å². The quantitative estimate of drug-likeness (QED) is 0.469. The lowest BCUT2D eigenvalue weighted by atomic mass is 10.2. The van der Waals surface area contributed by atoms with Gasteiger partial charge in [-0.15, -0.1) is 0 Å². The van der Waals surface area contributed by atoms with Crippen molar-refractivity contribution in [3.8, 4) is 17.2 Å². The van der Waals surface area contributed by atoms with Crippen molar-refractivity contribution in [2.45, 2.75) is 23.6 Å². The molecule has 2 aromatic carbocycles. The maximum atomic E-state index is 12.1. The van der Waals surface area contributed by atoms with Crippen molar-refractivity contribution in [1.29, 1.82) is 0 Å². The van der Waals surface area contributed by atoms with Crippen LogP contribution in [0.4, 0.5) is 0 Å². The van der Waals surface area contributed by atoms with E-state index in [1.54, 1.807) is 17.8 Å². The van der Waals surface area contributed by atoms with Gasteiger partial charge < -0.3 is 9.15 Å². The number of hydrogen-bond donors (Lipinski definition) is 0. The second kappa shape index (κ2) is 6.84. The van der Waals surface area contributed by atoms with Gasteiger partial charge in [0.15, 0.2) is 17.1 Å². The maximum Gasteiger partial charge on any atom is 0.224 e. The third-order valence-corrected chi connectivity index (χ3v) is 4.97. The van der Waals surface area contributed by atoms with Crippen molar-refractivity contribution >= 4 is 22.9 Å². The molecule has 0 radical (unpaired) electrons. The molecule has 0 bridgehead atoms. The Balaban J connectivity index is 1.75. The summed E-state index contributed by atoms with van der Waals surface area (Å²) in [5.41, 5.74) is 3.04. The monoisotopic (exact) mass is 363 g/mol. The molecule has 4 nitrogen and oxygen atoms in total. The standard InChI is InChI=1S/C21H17NO3S/c1-3-24-21-11-17-20(12-18(21)23)25-19-10-15(8-9-16(19)22-17)26-14-6-4-13(2)5-7-14/h4-12H,3H2,1-2H3. The molecule has 2 aliphatic rings. The van der Waals surface area contributed by atoms with Gasteiger partial charge in [-0.05, 0) is 44.2 Å². The number of rotatable bonds is 4. The number of hydrogen-bond acceptors (Lipinski definition) is 5. The molecular formula is C21H17NO3S. The minimum atomic E-state index is -0.200. The lowest BCUT2D eigenvalue weighted by Gasteiger charge is -2.09. The van der Waals surface area contributed by atoms with E-state index in [0.717, 1.165) is 15.3 Å². The highest BCUT2D eigenvalue weighted by molar-refractivity contribution is 7.99. The van der Waals surface area contributed by atoms with Gasteiger partial charge in [0, 0.05) is 21.9 Å². The molecule has 130 valence electrons. The molecule has 0 fully saturated rings. The Morgan fingerprint density at radius 1 is 1.04 bits per heavy atom. The Hall–Kier alpha value is -2.79. The summed E-state index contributed by atoms with van der Waals surface area (Å²) in [7, 11) is 0. The van der Waals surface area contributed by atoms with Crippen LogP contribution in [0, 0.1) is 6.92 Å². The van der Waals surface area contributed by atoms with Gasteiger partial charge in [0.1, 0.15) is 11.2 Å². The smallest absolute Gasteiger partial charge is 0.224 e. The molecule has 0 spiro atoms. The van der Waals surface area contributed by atoms with Crippen LogP contribution in [0.25, 0.3) is 22.6 Å². The molecule has 1 aliphatic heterocycles. The third-order valence-electron chi connectivity index (χ3n) is 3.97. The van der Waals surface area contributed by atoms with Crippen LogP contribution in [0.15, 0.2) is 73.6 Å². The van der Waals surface area contributed by atoms with E-state index in [1.807, 2.05) is 25.1 Å². The van der Waals surface area contributed by atoms with E-state index in [2.05, 4.69) is 36.2 Å². The van der Waals surface area contributed by atoms with E-state index in [1.165, 1.54) is 11.6 Å². The molecule has 0 saturated heterocycles. The summed E-state index contributed by atoms with van der Waals surface area (Å²) in [6, 6.07) is 17.4. The molecule has 0 aromatic heterocycles. The summed E-state index contributed by atoms with van der Waals surface area (Å²) in [5.74, 6) is 0.761. The fraction of sp³-hybridized carbons (Fsp3) is 0.143. The first-order chi connectivity index (χ1) is 12.6. The highest BCUT2D eigenvalue weighted by atomic mass is 32.2. The highest BCUT2D eigenvalue weighted by Crippen LogP contribution is 2.32. The van der Waals surface area contributed by atoms with Gasteiger partial charge in [-0.25, -0.2) is 4.98 Å². The fourth-order valence-electron chi connectivity index (χ4n) is 2.69. The van der Waals surface area contributed by atoms with Crippen LogP contribution in [0.1, 0.15) is 12.5 Å². The zero-order valence-electron chi connectivity index (χ0n) is 14.5. The molecule has 26 heavy (non-hydrogen) atoms. The molecule has 0 amide bonds. The second-order valence-electron chi connectivity index (χ2n) is 5.96. The number of nitrogens with zero attached hydrogens (tertiary/aromatic N) is 1. The van der Waals surface area contributed by atoms with Crippen LogP contribution in [-0.4, -0.2) is 11.6 Å². The second-order valence-corrected chi connectivity index (χ2v) is 7.11. The molecule has 0 N–H and O–H groups in total. The number of benzene rings is 3. The van der Waals surface area contributed by atoms with Crippen LogP contribution in [0.2, 0.25) is 0 Å². The number of ether oxygens (including phenoxy) is 1. The lowest BCUT2D eigenvalue weighted by Crippen LogP contribution is -2.08. The first-order valence-electron chi connectivity index (χ1n) is 8.38. The van der Waals surface area contributed by atoms with E-state index >= 15 is 0 Å². The molecule has 0 unspecified atom stereocenters. The zero-order chi connectivity index (χ0) is 18.1.